The van der Waals surface area contributed by atoms with Crippen molar-refractivity contribution >= 4 is 0 Å². The maximum absolute atomic E-state index is 13.2. The van der Waals surface area contributed by atoms with Gasteiger partial charge in [0.05, 0.1) is 0 Å². The molecule has 0 amide bonds. The van der Waals surface area contributed by atoms with Gasteiger partial charge in [-0.1, -0.05) is 13.0 Å². The fraction of sp³-hybridized carbons (Fsp3) is 0.400. The first kappa shape index (κ1) is 9.27. The Balaban J connectivity index is 2.48. The number of hydrogen-bond acceptors (Lipinski definition) is 3. The third-order valence-corrected chi connectivity index (χ3v) is 2.39. The van der Waals surface area contributed by atoms with Crippen LogP contribution in [0.25, 0.3) is 0 Å². The van der Waals surface area contributed by atoms with Crippen LogP contribution in [0.15, 0.2) is 12.1 Å². The topological polar surface area (TPSA) is 44.5 Å². The van der Waals surface area contributed by atoms with Crippen molar-refractivity contribution in [1.82, 2.24) is 0 Å². The molecule has 0 saturated heterocycles. The maximum atomic E-state index is 13.2. The van der Waals surface area contributed by atoms with Crippen LogP contribution in [0.4, 0.5) is 4.39 Å². The van der Waals surface area contributed by atoms with Gasteiger partial charge in [-0.05, 0) is 18.5 Å². The van der Waals surface area contributed by atoms with Gasteiger partial charge < -0.3 is 15.2 Å². The van der Waals surface area contributed by atoms with E-state index < -0.39 is 0 Å². The first-order chi connectivity index (χ1) is 6.74. The Hall–Kier alpha value is -1.29. The van der Waals surface area contributed by atoms with E-state index in [1.54, 1.807) is 6.07 Å². The van der Waals surface area contributed by atoms with Crippen LogP contribution in [0.1, 0.15) is 18.4 Å². The van der Waals surface area contributed by atoms with E-state index in [2.05, 4.69) is 0 Å². The summed E-state index contributed by atoms with van der Waals surface area (Å²) in [4.78, 5) is 0. The van der Waals surface area contributed by atoms with Crippen molar-refractivity contribution < 1.29 is 13.9 Å². The van der Waals surface area contributed by atoms with Gasteiger partial charge in [-0.3, -0.25) is 0 Å². The molecular formula is C10H12FNO2. The highest BCUT2D eigenvalue weighted by atomic mass is 19.1. The minimum absolute atomic E-state index is 0.0839. The maximum Gasteiger partial charge on any atom is 0.231 e. The lowest BCUT2D eigenvalue weighted by atomic mass is 10.00. The summed E-state index contributed by atoms with van der Waals surface area (Å²) in [5.74, 6) is 0.474. The molecule has 1 aliphatic rings. The van der Waals surface area contributed by atoms with E-state index in [0.717, 1.165) is 5.56 Å². The molecule has 1 aromatic carbocycles. The second kappa shape index (κ2) is 3.46. The molecule has 1 aliphatic heterocycles. The molecule has 1 atom stereocenters. The second-order valence-electron chi connectivity index (χ2n) is 3.34. The SMILES string of the molecule is CC(CN)c1ccc(F)c2c1OCO2. The van der Waals surface area contributed by atoms with Crippen molar-refractivity contribution in [2.45, 2.75) is 12.8 Å². The van der Waals surface area contributed by atoms with Crippen molar-refractivity contribution in [1.29, 1.82) is 0 Å². The quantitative estimate of drug-likeness (QED) is 0.783. The molecule has 1 heterocycles. The van der Waals surface area contributed by atoms with Gasteiger partial charge in [-0.25, -0.2) is 4.39 Å². The van der Waals surface area contributed by atoms with Gasteiger partial charge in [0.15, 0.2) is 11.6 Å². The number of halogens is 1. The molecular weight excluding hydrogens is 185 g/mol. The number of fused-ring (bicyclic) bond motifs is 1. The molecule has 1 unspecified atom stereocenters. The van der Waals surface area contributed by atoms with Gasteiger partial charge in [-0.15, -0.1) is 0 Å². The number of benzene rings is 1. The molecule has 0 spiro atoms. The summed E-state index contributed by atoms with van der Waals surface area (Å²) in [7, 11) is 0. The van der Waals surface area contributed by atoms with Crippen LogP contribution in [0.3, 0.4) is 0 Å². The highest BCUT2D eigenvalue weighted by Crippen LogP contribution is 2.40. The second-order valence-corrected chi connectivity index (χ2v) is 3.34. The third kappa shape index (κ3) is 1.32. The van der Waals surface area contributed by atoms with Crippen molar-refractivity contribution in [3.05, 3.63) is 23.5 Å². The zero-order chi connectivity index (χ0) is 10.1. The van der Waals surface area contributed by atoms with Crippen LogP contribution < -0.4 is 15.2 Å². The smallest absolute Gasteiger partial charge is 0.231 e. The first-order valence-electron chi connectivity index (χ1n) is 4.52. The number of ether oxygens (including phenoxy) is 2. The zero-order valence-electron chi connectivity index (χ0n) is 7.92. The van der Waals surface area contributed by atoms with E-state index in [0.29, 0.717) is 12.3 Å². The first-order valence-corrected chi connectivity index (χ1v) is 4.52. The van der Waals surface area contributed by atoms with Crippen LogP contribution in [0, 0.1) is 5.82 Å². The Morgan fingerprint density at radius 1 is 1.43 bits per heavy atom. The minimum Gasteiger partial charge on any atom is -0.453 e. The third-order valence-electron chi connectivity index (χ3n) is 2.39. The van der Waals surface area contributed by atoms with Crippen LogP contribution in [0.2, 0.25) is 0 Å². The van der Waals surface area contributed by atoms with Crippen LogP contribution in [-0.2, 0) is 0 Å². The van der Waals surface area contributed by atoms with E-state index >= 15 is 0 Å². The summed E-state index contributed by atoms with van der Waals surface area (Å²) in [6, 6.07) is 3.08. The summed E-state index contributed by atoms with van der Waals surface area (Å²) in [6.07, 6.45) is 0. The lowest BCUT2D eigenvalue weighted by Crippen LogP contribution is -2.09. The lowest BCUT2D eigenvalue weighted by Gasteiger charge is -2.11. The van der Waals surface area contributed by atoms with E-state index in [1.165, 1.54) is 6.07 Å². The molecule has 14 heavy (non-hydrogen) atoms. The molecule has 0 radical (unpaired) electrons. The summed E-state index contributed by atoms with van der Waals surface area (Å²) in [5, 5.41) is 0. The lowest BCUT2D eigenvalue weighted by molar-refractivity contribution is 0.170. The fourth-order valence-electron chi connectivity index (χ4n) is 1.50. The van der Waals surface area contributed by atoms with E-state index in [1.807, 2.05) is 6.92 Å². The molecule has 3 nitrogen and oxygen atoms in total. The van der Waals surface area contributed by atoms with Crippen LogP contribution in [-0.4, -0.2) is 13.3 Å². The van der Waals surface area contributed by atoms with Crippen molar-refractivity contribution in [2.24, 2.45) is 5.73 Å². The number of nitrogens with two attached hydrogens (primary N) is 1. The van der Waals surface area contributed by atoms with Gasteiger partial charge in [-0.2, -0.15) is 0 Å². The molecule has 0 saturated carbocycles. The largest absolute Gasteiger partial charge is 0.453 e. The Labute approximate surface area is 81.6 Å². The normalized spacial score (nSPS) is 15.6. The van der Waals surface area contributed by atoms with E-state index in [9.17, 15) is 4.39 Å². The Bertz CT molecular complexity index is 354. The predicted molar refractivity (Wildman–Crippen MR) is 50.0 cm³/mol. The van der Waals surface area contributed by atoms with Gasteiger partial charge in [0, 0.05) is 5.56 Å². The average Bonchev–Trinajstić information content (AvgIpc) is 2.67. The van der Waals surface area contributed by atoms with E-state index in [-0.39, 0.29) is 24.3 Å². The Morgan fingerprint density at radius 3 is 2.86 bits per heavy atom. The fourth-order valence-corrected chi connectivity index (χ4v) is 1.50. The summed E-state index contributed by atoms with van der Waals surface area (Å²) in [5.41, 5.74) is 6.45. The Morgan fingerprint density at radius 2 is 2.14 bits per heavy atom. The molecule has 4 heteroatoms. The van der Waals surface area contributed by atoms with Gasteiger partial charge in [0.25, 0.3) is 0 Å². The predicted octanol–water partition coefficient (Wildman–Crippen LogP) is 1.62. The molecule has 0 aromatic heterocycles. The molecule has 0 bridgehead atoms. The monoisotopic (exact) mass is 197 g/mol. The highest BCUT2D eigenvalue weighted by molar-refractivity contribution is 5.50. The van der Waals surface area contributed by atoms with E-state index in [4.69, 9.17) is 15.2 Å². The zero-order valence-corrected chi connectivity index (χ0v) is 7.92. The summed E-state index contributed by atoms with van der Waals surface area (Å²) >= 11 is 0. The van der Waals surface area contributed by atoms with Crippen LogP contribution in [0.5, 0.6) is 11.5 Å². The standard InChI is InChI=1S/C10H12FNO2/c1-6(4-12)7-2-3-8(11)10-9(7)13-5-14-10/h2-3,6H,4-5,12H2,1H3. The van der Waals surface area contributed by atoms with Gasteiger partial charge in [0.1, 0.15) is 0 Å². The summed E-state index contributed by atoms with van der Waals surface area (Å²) in [6.45, 7) is 2.55. The summed E-state index contributed by atoms with van der Waals surface area (Å²) < 4.78 is 23.4. The molecule has 76 valence electrons. The highest BCUT2D eigenvalue weighted by Gasteiger charge is 2.23. The Kier molecular flexibility index (Phi) is 2.29. The average molecular weight is 197 g/mol. The van der Waals surface area contributed by atoms with Gasteiger partial charge in [0.2, 0.25) is 12.5 Å². The number of hydrogen-bond donors (Lipinski definition) is 1. The molecule has 2 rings (SSSR count). The number of rotatable bonds is 2. The molecule has 0 aliphatic carbocycles. The van der Waals surface area contributed by atoms with Gasteiger partial charge >= 0.3 is 0 Å². The molecule has 2 N–H and O–H groups in total. The molecule has 1 aromatic rings. The minimum atomic E-state index is -0.384. The van der Waals surface area contributed by atoms with Crippen molar-refractivity contribution in [3.8, 4) is 11.5 Å². The van der Waals surface area contributed by atoms with Crippen LogP contribution >= 0.6 is 0 Å². The van der Waals surface area contributed by atoms with Crippen molar-refractivity contribution in [3.63, 3.8) is 0 Å². The van der Waals surface area contributed by atoms with Crippen molar-refractivity contribution in [2.75, 3.05) is 13.3 Å². The molecule has 0 fully saturated rings.